The van der Waals surface area contributed by atoms with Crippen LogP contribution in [0.5, 0.6) is 0 Å². The maximum Gasteiger partial charge on any atom is 0.0741 e. The smallest absolute Gasteiger partial charge is 0.0741 e. The second-order valence-electron chi connectivity index (χ2n) is 31.7. The molecule has 0 atom stereocenters. The van der Waals surface area contributed by atoms with Crippen molar-refractivity contribution in [1.82, 2.24) is 24.9 Å². The van der Waals surface area contributed by atoms with Gasteiger partial charge in [-0.3, -0.25) is 0 Å². The van der Waals surface area contributed by atoms with E-state index in [1.807, 2.05) is 0 Å². The number of pyridine rings is 5. The second kappa shape index (κ2) is 26.3. The van der Waals surface area contributed by atoms with Crippen LogP contribution in [-0.4, -0.2) is 24.9 Å². The van der Waals surface area contributed by atoms with Crippen molar-refractivity contribution in [1.29, 1.82) is 0 Å². The fourth-order valence-electron chi connectivity index (χ4n) is 14.4. The summed E-state index contributed by atoms with van der Waals surface area (Å²) >= 11 is 0. The molecule has 0 saturated heterocycles. The SMILES string of the molecule is Cc1ccc2c(C(C)(C)C)c3ccccc3nc2c1.Cc1ccc2nc3ccccc3c(C(C)(C)C)c2c1.Cc1ccc2nc3ccccc3c(C(C)(C)C)c2c1C.Cc1cccc2c(C(C)(C)C)c3ccccc3nc12.Cc1cccc2nc3ccccc3c(C(C)(C)C)c12. The fourth-order valence-corrected chi connectivity index (χ4v) is 14.4. The number of rotatable bonds is 0. The molecule has 0 bridgehead atoms. The van der Waals surface area contributed by atoms with E-state index >= 15 is 0 Å². The van der Waals surface area contributed by atoms with Gasteiger partial charge in [0.05, 0.1) is 55.2 Å². The molecule has 0 radical (unpaired) electrons. The Morgan fingerprint density at radius 2 is 0.521 bits per heavy atom. The number of fused-ring (bicyclic) bond motifs is 10. The Balaban J connectivity index is 0.000000122. The van der Waals surface area contributed by atoms with Crippen molar-refractivity contribution in [3.05, 3.63) is 267 Å². The zero-order chi connectivity index (χ0) is 69.0. The fraction of sp³-hybridized carbons (Fsp3) is 0.286. The summed E-state index contributed by atoms with van der Waals surface area (Å²) in [5.41, 5.74) is 26.3. The predicted octanol–water partition coefficient (Wildman–Crippen LogP) is 25.3. The summed E-state index contributed by atoms with van der Waals surface area (Å²) in [6.07, 6.45) is 0. The lowest BCUT2D eigenvalue weighted by molar-refractivity contribution is 0.600. The first-order chi connectivity index (χ1) is 45.3. The summed E-state index contributed by atoms with van der Waals surface area (Å²) < 4.78 is 0. The third kappa shape index (κ3) is 13.8. The normalized spacial score (nSPS) is 12.2. The standard InChI is InChI=1S/C19H21N.4C18H19N/c1-12-10-11-16-17(13(12)2)18(19(3,4)5)14-8-6-7-9-15(14)20-16;1-12-8-7-10-14-16(18(2,3)4)13-9-5-6-11-15(13)19-17(12)14;1-12-8-7-11-15-16(12)17(18(2,3)4)13-9-5-6-10-14(13)19-15;1-12-9-10-16-14(11-12)17(18(2,3)4)13-7-5-6-8-15(13)19-16;1-12-9-10-14-16(11-12)19-15-8-6-5-7-13(15)17(14)18(2,3)4/h6-11H,1-5H3;4*5-11H,1-4H3. The Morgan fingerprint density at radius 1 is 0.208 bits per heavy atom. The number of aryl methyl sites for hydroxylation is 6. The van der Waals surface area contributed by atoms with E-state index in [9.17, 15) is 0 Å². The van der Waals surface area contributed by atoms with E-state index in [1.165, 1.54) is 115 Å². The van der Waals surface area contributed by atoms with Gasteiger partial charge in [0.1, 0.15) is 0 Å². The lowest BCUT2D eigenvalue weighted by Crippen LogP contribution is -2.14. The summed E-state index contributed by atoms with van der Waals surface area (Å²) in [5.74, 6) is 0. The van der Waals surface area contributed by atoms with Crippen molar-refractivity contribution in [3.63, 3.8) is 0 Å². The van der Waals surface area contributed by atoms with Gasteiger partial charge < -0.3 is 0 Å². The summed E-state index contributed by atoms with van der Waals surface area (Å²) in [4.78, 5) is 24.1. The number of hydrogen-bond acceptors (Lipinski definition) is 5. The molecule has 0 N–H and O–H groups in total. The van der Waals surface area contributed by atoms with Crippen LogP contribution in [0.2, 0.25) is 0 Å². The van der Waals surface area contributed by atoms with E-state index in [0.29, 0.717) is 0 Å². The number of hydrogen-bond donors (Lipinski definition) is 0. The molecule has 0 spiro atoms. The van der Waals surface area contributed by atoms with Crippen LogP contribution in [0.25, 0.3) is 109 Å². The van der Waals surface area contributed by atoms with Crippen molar-refractivity contribution >= 4 is 109 Å². The zero-order valence-corrected chi connectivity index (χ0v) is 60.9. The maximum atomic E-state index is 4.85. The molecule has 10 aromatic carbocycles. The molecule has 5 heterocycles. The minimum atomic E-state index is 0.0966. The van der Waals surface area contributed by atoms with Crippen molar-refractivity contribution in [2.75, 3.05) is 0 Å². The third-order valence-electron chi connectivity index (χ3n) is 18.6. The van der Waals surface area contributed by atoms with Crippen LogP contribution < -0.4 is 0 Å². The average molecular weight is 1260 g/mol. The van der Waals surface area contributed by atoms with Crippen LogP contribution in [0.3, 0.4) is 0 Å². The Kier molecular flexibility index (Phi) is 18.6. The van der Waals surface area contributed by atoms with E-state index < -0.39 is 0 Å². The first kappa shape index (κ1) is 68.0. The third-order valence-corrected chi connectivity index (χ3v) is 18.6. The summed E-state index contributed by atoms with van der Waals surface area (Å²) in [6.45, 7) is 47.1. The summed E-state index contributed by atoms with van der Waals surface area (Å²) in [7, 11) is 0. The molecule has 0 saturated carbocycles. The Hall–Kier alpha value is -9.45. The average Bonchev–Trinajstić information content (AvgIpc) is 0.771. The molecule has 0 aliphatic rings. The van der Waals surface area contributed by atoms with E-state index in [4.69, 9.17) is 24.9 Å². The summed E-state index contributed by atoms with van der Waals surface area (Å²) in [5, 5.41) is 12.9. The van der Waals surface area contributed by atoms with Crippen molar-refractivity contribution < 1.29 is 0 Å². The highest BCUT2D eigenvalue weighted by atomic mass is 14.7. The van der Waals surface area contributed by atoms with Crippen LogP contribution in [0.4, 0.5) is 0 Å². The van der Waals surface area contributed by atoms with Gasteiger partial charge in [0.25, 0.3) is 0 Å². The Labute approximate surface area is 570 Å². The molecule has 0 aliphatic carbocycles. The minimum absolute atomic E-state index is 0.0966. The largest absolute Gasteiger partial charge is 0.248 e. The number of para-hydroxylation sites is 6. The van der Waals surface area contributed by atoms with E-state index in [-0.39, 0.29) is 27.1 Å². The van der Waals surface area contributed by atoms with Gasteiger partial charge in [-0.2, -0.15) is 0 Å². The van der Waals surface area contributed by atoms with Gasteiger partial charge in [-0.15, -0.1) is 0 Å². The number of aromatic nitrogens is 5. The van der Waals surface area contributed by atoms with Crippen LogP contribution in [0.1, 0.15) is 165 Å². The van der Waals surface area contributed by atoms with Crippen LogP contribution in [0.15, 0.2) is 206 Å². The molecule has 0 aliphatic heterocycles. The minimum Gasteiger partial charge on any atom is -0.248 e. The molecule has 96 heavy (non-hydrogen) atoms. The highest BCUT2D eigenvalue weighted by Crippen LogP contribution is 2.42. The van der Waals surface area contributed by atoms with Crippen LogP contribution >= 0.6 is 0 Å². The first-order valence-corrected chi connectivity index (χ1v) is 34.2. The molecule has 15 aromatic rings. The quantitative estimate of drug-likeness (QED) is 0.142. The number of nitrogens with zero attached hydrogens (tertiary/aromatic N) is 5. The highest BCUT2D eigenvalue weighted by molar-refractivity contribution is 6.04. The lowest BCUT2D eigenvalue weighted by atomic mass is 9.80. The van der Waals surface area contributed by atoms with Gasteiger partial charge in [-0.05, 0) is 185 Å². The Morgan fingerprint density at radius 3 is 1.01 bits per heavy atom. The topological polar surface area (TPSA) is 64.5 Å². The number of benzene rings is 10. The molecule has 5 heteroatoms. The van der Waals surface area contributed by atoms with Crippen molar-refractivity contribution in [2.24, 2.45) is 0 Å². The van der Waals surface area contributed by atoms with Gasteiger partial charge in [0.2, 0.25) is 0 Å². The maximum absolute atomic E-state index is 4.85. The van der Waals surface area contributed by atoms with Gasteiger partial charge in [0, 0.05) is 53.9 Å². The highest BCUT2D eigenvalue weighted by Gasteiger charge is 2.27. The van der Waals surface area contributed by atoms with Gasteiger partial charge in [0.15, 0.2) is 0 Å². The lowest BCUT2D eigenvalue weighted by Gasteiger charge is -2.25. The van der Waals surface area contributed by atoms with Gasteiger partial charge in [-0.25, -0.2) is 24.9 Å². The summed E-state index contributed by atoms with van der Waals surface area (Å²) in [6, 6.07) is 72.5. The van der Waals surface area contributed by atoms with Crippen LogP contribution in [0, 0.1) is 41.5 Å². The van der Waals surface area contributed by atoms with E-state index in [2.05, 4.69) is 352 Å². The monoisotopic (exact) mass is 1260 g/mol. The van der Waals surface area contributed by atoms with Crippen LogP contribution in [-0.2, 0) is 27.1 Å². The molecule has 5 nitrogen and oxygen atoms in total. The molecular weight excluding hydrogens is 1160 g/mol. The van der Waals surface area contributed by atoms with Crippen molar-refractivity contribution in [2.45, 2.75) is 172 Å². The Bertz CT molecular complexity index is 5390. The molecule has 0 fully saturated rings. The predicted molar refractivity (Wildman–Crippen MR) is 418 cm³/mol. The molecule has 0 amide bonds. The van der Waals surface area contributed by atoms with Crippen molar-refractivity contribution in [3.8, 4) is 0 Å². The van der Waals surface area contributed by atoms with E-state index in [0.717, 1.165) is 55.2 Å². The molecular formula is C91H97N5. The van der Waals surface area contributed by atoms with Gasteiger partial charge >= 0.3 is 0 Å². The molecule has 5 aromatic heterocycles. The second-order valence-corrected chi connectivity index (χ2v) is 31.7. The first-order valence-electron chi connectivity index (χ1n) is 34.2. The molecule has 15 rings (SSSR count). The molecule has 0 unspecified atom stereocenters. The zero-order valence-electron chi connectivity index (χ0n) is 60.9. The molecule has 486 valence electrons. The van der Waals surface area contributed by atoms with Gasteiger partial charge in [-0.1, -0.05) is 255 Å². The van der Waals surface area contributed by atoms with E-state index in [1.54, 1.807) is 0 Å².